The van der Waals surface area contributed by atoms with E-state index in [2.05, 4.69) is 0 Å². The molecule has 0 bridgehead atoms. The van der Waals surface area contributed by atoms with Crippen LogP contribution in [0.25, 0.3) is 10.8 Å². The highest BCUT2D eigenvalue weighted by molar-refractivity contribution is 6.51. The Morgan fingerprint density at radius 3 is 2.31 bits per heavy atom. The van der Waals surface area contributed by atoms with E-state index in [1.807, 2.05) is 19.1 Å². The zero-order valence-electron chi connectivity index (χ0n) is 14.4. The van der Waals surface area contributed by atoms with Gasteiger partial charge in [0.25, 0.3) is 0 Å². The molecule has 0 unspecified atom stereocenters. The maximum absolute atomic E-state index is 13.0. The summed E-state index contributed by atoms with van der Waals surface area (Å²) in [6.07, 6.45) is 0. The van der Waals surface area contributed by atoms with Crippen LogP contribution in [0.2, 0.25) is 5.02 Å². The van der Waals surface area contributed by atoms with Gasteiger partial charge in [0.15, 0.2) is 0 Å². The molecule has 3 rings (SSSR count). The molecular formula is C21H17ClO4. The fourth-order valence-corrected chi connectivity index (χ4v) is 2.89. The number of hydrogen-bond donors (Lipinski definition) is 0. The largest absolute Gasteiger partial charge is 0.497 e. The predicted molar refractivity (Wildman–Crippen MR) is 102 cm³/mol. The molecule has 4 nitrogen and oxygen atoms in total. The molecule has 0 fully saturated rings. The standard InChI is InChI=1S/C21H17ClO4/c1-3-26-18-11-7-13-6-10-16(25-2)12-17(13)19(18)21(24)20(23)14-4-8-15(22)9-5-14/h4-12H,3H2,1-2H3. The van der Waals surface area contributed by atoms with Gasteiger partial charge < -0.3 is 9.47 Å². The van der Waals surface area contributed by atoms with Gasteiger partial charge in [-0.1, -0.05) is 23.7 Å². The average Bonchev–Trinajstić information content (AvgIpc) is 2.67. The summed E-state index contributed by atoms with van der Waals surface area (Å²) in [7, 11) is 1.55. The number of carbonyl (C=O) groups excluding carboxylic acids is 2. The molecule has 0 aromatic heterocycles. The first-order valence-electron chi connectivity index (χ1n) is 8.13. The number of hydrogen-bond acceptors (Lipinski definition) is 4. The smallest absolute Gasteiger partial charge is 0.237 e. The SMILES string of the molecule is CCOc1ccc2ccc(OC)cc2c1C(=O)C(=O)c1ccc(Cl)cc1. The number of ketones is 2. The average molecular weight is 369 g/mol. The van der Waals surface area contributed by atoms with Crippen LogP contribution >= 0.6 is 11.6 Å². The Bertz CT molecular complexity index is 977. The molecule has 0 saturated heterocycles. The first-order chi connectivity index (χ1) is 12.5. The van der Waals surface area contributed by atoms with Gasteiger partial charge in [0.2, 0.25) is 11.6 Å². The molecule has 0 aliphatic rings. The number of benzene rings is 3. The minimum atomic E-state index is -0.630. The molecule has 0 radical (unpaired) electrons. The van der Waals surface area contributed by atoms with Gasteiger partial charge >= 0.3 is 0 Å². The summed E-state index contributed by atoms with van der Waals surface area (Å²) >= 11 is 5.86. The number of fused-ring (bicyclic) bond motifs is 1. The van der Waals surface area contributed by atoms with Gasteiger partial charge in [-0.05, 0) is 54.8 Å². The molecule has 26 heavy (non-hydrogen) atoms. The highest BCUT2D eigenvalue weighted by Crippen LogP contribution is 2.32. The molecule has 0 N–H and O–H groups in total. The molecule has 0 heterocycles. The van der Waals surface area contributed by atoms with Crippen molar-refractivity contribution in [3.8, 4) is 11.5 Å². The predicted octanol–water partition coefficient (Wildman–Crippen LogP) is 4.97. The molecule has 0 atom stereocenters. The third-order valence-electron chi connectivity index (χ3n) is 4.03. The van der Waals surface area contributed by atoms with Crippen LogP contribution in [-0.2, 0) is 0 Å². The number of halogens is 1. The fourth-order valence-electron chi connectivity index (χ4n) is 2.76. The molecule has 132 valence electrons. The van der Waals surface area contributed by atoms with Crippen LogP contribution < -0.4 is 9.47 Å². The zero-order chi connectivity index (χ0) is 18.7. The second-order valence-electron chi connectivity index (χ2n) is 5.62. The Hall–Kier alpha value is -2.85. The minimum absolute atomic E-state index is 0.239. The van der Waals surface area contributed by atoms with Crippen molar-refractivity contribution in [1.29, 1.82) is 0 Å². The van der Waals surface area contributed by atoms with E-state index in [0.29, 0.717) is 28.5 Å². The summed E-state index contributed by atoms with van der Waals surface area (Å²) in [5.41, 5.74) is 0.518. The number of Topliss-reactive ketones (excluding diaryl/α,β-unsaturated/α-hetero) is 2. The number of methoxy groups -OCH3 is 1. The Morgan fingerprint density at radius 1 is 0.962 bits per heavy atom. The number of ether oxygens (including phenoxy) is 2. The van der Waals surface area contributed by atoms with E-state index in [1.165, 1.54) is 12.1 Å². The first kappa shape index (κ1) is 18.0. The molecule has 0 aliphatic heterocycles. The zero-order valence-corrected chi connectivity index (χ0v) is 15.2. The highest BCUT2D eigenvalue weighted by Gasteiger charge is 2.24. The number of rotatable bonds is 6. The van der Waals surface area contributed by atoms with Crippen molar-refractivity contribution >= 4 is 33.9 Å². The molecule has 0 spiro atoms. The second-order valence-corrected chi connectivity index (χ2v) is 6.06. The quantitative estimate of drug-likeness (QED) is 0.455. The topological polar surface area (TPSA) is 52.6 Å². The van der Waals surface area contributed by atoms with Crippen molar-refractivity contribution in [1.82, 2.24) is 0 Å². The summed E-state index contributed by atoms with van der Waals surface area (Å²) in [4.78, 5) is 25.8. The second kappa shape index (κ2) is 7.58. The lowest BCUT2D eigenvalue weighted by Gasteiger charge is -2.13. The van der Waals surface area contributed by atoms with Gasteiger partial charge in [-0.15, -0.1) is 0 Å². The van der Waals surface area contributed by atoms with Crippen LogP contribution in [0, 0.1) is 0 Å². The normalized spacial score (nSPS) is 10.6. The van der Waals surface area contributed by atoms with Gasteiger partial charge in [0.05, 0.1) is 19.3 Å². The maximum atomic E-state index is 13.0. The van der Waals surface area contributed by atoms with E-state index in [9.17, 15) is 9.59 Å². The molecule has 5 heteroatoms. The minimum Gasteiger partial charge on any atom is -0.497 e. The lowest BCUT2D eigenvalue weighted by atomic mass is 9.95. The Balaban J connectivity index is 2.16. The van der Waals surface area contributed by atoms with Crippen LogP contribution in [0.3, 0.4) is 0 Å². The summed E-state index contributed by atoms with van der Waals surface area (Å²) in [6.45, 7) is 2.20. The molecule has 3 aromatic carbocycles. The van der Waals surface area contributed by atoms with E-state index in [4.69, 9.17) is 21.1 Å². The van der Waals surface area contributed by atoms with Crippen molar-refractivity contribution in [2.24, 2.45) is 0 Å². The van der Waals surface area contributed by atoms with Crippen molar-refractivity contribution in [3.05, 3.63) is 70.7 Å². The van der Waals surface area contributed by atoms with Gasteiger partial charge in [-0.25, -0.2) is 0 Å². The lowest BCUT2D eigenvalue weighted by molar-refractivity contribution is 0.0815. The molecule has 0 amide bonds. The Kier molecular flexibility index (Phi) is 5.24. The Labute approximate surface area is 156 Å². The van der Waals surface area contributed by atoms with Crippen LogP contribution in [0.4, 0.5) is 0 Å². The van der Waals surface area contributed by atoms with Gasteiger partial charge in [0, 0.05) is 16.0 Å². The third-order valence-corrected chi connectivity index (χ3v) is 4.28. The monoisotopic (exact) mass is 368 g/mol. The first-order valence-corrected chi connectivity index (χ1v) is 8.51. The van der Waals surface area contributed by atoms with E-state index in [0.717, 1.165) is 5.39 Å². The van der Waals surface area contributed by atoms with Gasteiger partial charge in [0.1, 0.15) is 11.5 Å². The van der Waals surface area contributed by atoms with E-state index < -0.39 is 11.6 Å². The van der Waals surface area contributed by atoms with Crippen LogP contribution in [-0.4, -0.2) is 25.3 Å². The van der Waals surface area contributed by atoms with Crippen molar-refractivity contribution in [2.45, 2.75) is 6.92 Å². The van der Waals surface area contributed by atoms with Crippen molar-refractivity contribution < 1.29 is 19.1 Å². The maximum Gasteiger partial charge on any atom is 0.237 e. The van der Waals surface area contributed by atoms with Crippen LogP contribution in [0.1, 0.15) is 27.6 Å². The number of carbonyl (C=O) groups is 2. The van der Waals surface area contributed by atoms with Gasteiger partial charge in [-0.2, -0.15) is 0 Å². The van der Waals surface area contributed by atoms with Crippen molar-refractivity contribution in [3.63, 3.8) is 0 Å². The fraction of sp³-hybridized carbons (Fsp3) is 0.143. The lowest BCUT2D eigenvalue weighted by Crippen LogP contribution is -2.16. The van der Waals surface area contributed by atoms with Gasteiger partial charge in [-0.3, -0.25) is 9.59 Å². The summed E-state index contributed by atoms with van der Waals surface area (Å²) in [5, 5.41) is 1.93. The summed E-state index contributed by atoms with van der Waals surface area (Å²) in [6, 6.07) is 15.2. The highest BCUT2D eigenvalue weighted by atomic mass is 35.5. The Morgan fingerprint density at radius 2 is 1.65 bits per heavy atom. The van der Waals surface area contributed by atoms with Crippen LogP contribution in [0.5, 0.6) is 11.5 Å². The summed E-state index contributed by atoms with van der Waals surface area (Å²) in [5.74, 6) is -0.271. The molecular weight excluding hydrogens is 352 g/mol. The summed E-state index contributed by atoms with van der Waals surface area (Å²) < 4.78 is 10.9. The molecule has 0 aliphatic carbocycles. The van der Waals surface area contributed by atoms with E-state index in [1.54, 1.807) is 37.4 Å². The van der Waals surface area contributed by atoms with Crippen molar-refractivity contribution in [2.75, 3.05) is 13.7 Å². The molecule has 3 aromatic rings. The molecule has 0 saturated carbocycles. The van der Waals surface area contributed by atoms with Crippen LogP contribution in [0.15, 0.2) is 54.6 Å². The third kappa shape index (κ3) is 3.41. The van der Waals surface area contributed by atoms with E-state index in [-0.39, 0.29) is 11.1 Å². The van der Waals surface area contributed by atoms with E-state index >= 15 is 0 Å².